The molecule has 0 amide bonds. The maximum Gasteiger partial charge on any atom is 0.123 e. The van der Waals surface area contributed by atoms with Crippen LogP contribution >= 0.6 is 15.9 Å². The van der Waals surface area contributed by atoms with Gasteiger partial charge in [-0.25, -0.2) is 0 Å². The number of benzene rings is 1. The van der Waals surface area contributed by atoms with Crippen LogP contribution in [-0.4, -0.2) is 12.4 Å². The summed E-state index contributed by atoms with van der Waals surface area (Å²) in [5, 5.41) is 7.04. The summed E-state index contributed by atoms with van der Waals surface area (Å²) in [5.74, 6) is 0.985. The first-order chi connectivity index (χ1) is 6.59. The van der Waals surface area contributed by atoms with Gasteiger partial charge in [0.15, 0.2) is 0 Å². The molecule has 0 aliphatic rings. The van der Waals surface area contributed by atoms with E-state index in [0.29, 0.717) is 13.0 Å². The Hall–Kier alpha value is -1.03. The van der Waals surface area contributed by atoms with Crippen LogP contribution in [0.15, 0.2) is 22.7 Å². The number of halogens is 1. The SMILES string of the molecule is Cc1ccc(Br)cc1OCCC(=N)N. The third-order valence-corrected chi connectivity index (χ3v) is 2.27. The Morgan fingerprint density at radius 3 is 2.93 bits per heavy atom. The summed E-state index contributed by atoms with van der Waals surface area (Å²) in [4.78, 5) is 0. The van der Waals surface area contributed by atoms with E-state index in [-0.39, 0.29) is 5.84 Å². The number of nitrogens with two attached hydrogens (primary N) is 1. The smallest absolute Gasteiger partial charge is 0.123 e. The summed E-state index contributed by atoms with van der Waals surface area (Å²) in [6.07, 6.45) is 0.464. The molecule has 0 saturated heterocycles. The van der Waals surface area contributed by atoms with Crippen LogP contribution in [-0.2, 0) is 0 Å². The molecule has 0 bridgehead atoms. The minimum absolute atomic E-state index is 0.151. The van der Waals surface area contributed by atoms with E-state index in [2.05, 4.69) is 15.9 Å². The number of rotatable bonds is 4. The molecule has 76 valence electrons. The number of amidine groups is 1. The van der Waals surface area contributed by atoms with Gasteiger partial charge in [0.05, 0.1) is 12.4 Å². The molecule has 0 aliphatic heterocycles. The van der Waals surface area contributed by atoms with E-state index in [1.165, 1.54) is 0 Å². The lowest BCUT2D eigenvalue weighted by Gasteiger charge is -2.08. The minimum atomic E-state index is 0.151. The summed E-state index contributed by atoms with van der Waals surface area (Å²) in [6.45, 7) is 2.43. The zero-order valence-corrected chi connectivity index (χ0v) is 9.60. The second-order valence-electron chi connectivity index (χ2n) is 3.03. The molecular formula is C10H13BrN2O. The lowest BCUT2D eigenvalue weighted by Crippen LogP contribution is -2.14. The van der Waals surface area contributed by atoms with Crippen LogP contribution < -0.4 is 10.5 Å². The molecule has 0 fully saturated rings. The Morgan fingerprint density at radius 2 is 2.29 bits per heavy atom. The fourth-order valence-electron chi connectivity index (χ4n) is 1.00. The molecule has 4 heteroatoms. The van der Waals surface area contributed by atoms with Crippen molar-refractivity contribution in [1.82, 2.24) is 0 Å². The Bertz CT molecular complexity index is 339. The minimum Gasteiger partial charge on any atom is -0.493 e. The largest absolute Gasteiger partial charge is 0.493 e. The molecule has 0 saturated carbocycles. The number of hydrogen-bond acceptors (Lipinski definition) is 2. The lowest BCUT2D eigenvalue weighted by atomic mass is 10.2. The van der Waals surface area contributed by atoms with E-state index in [1.54, 1.807) is 0 Å². The highest BCUT2D eigenvalue weighted by molar-refractivity contribution is 9.10. The topological polar surface area (TPSA) is 59.1 Å². The first-order valence-electron chi connectivity index (χ1n) is 4.31. The summed E-state index contributed by atoms with van der Waals surface area (Å²) >= 11 is 3.37. The van der Waals surface area contributed by atoms with E-state index in [9.17, 15) is 0 Å². The number of ether oxygens (including phenoxy) is 1. The zero-order valence-electron chi connectivity index (χ0n) is 8.01. The summed E-state index contributed by atoms with van der Waals surface area (Å²) in [5.41, 5.74) is 6.30. The number of nitrogens with one attached hydrogen (secondary N) is 1. The van der Waals surface area contributed by atoms with Gasteiger partial charge < -0.3 is 10.5 Å². The first-order valence-corrected chi connectivity index (χ1v) is 5.11. The van der Waals surface area contributed by atoms with Crippen LogP contribution in [0.2, 0.25) is 0 Å². The van der Waals surface area contributed by atoms with Gasteiger partial charge >= 0.3 is 0 Å². The second-order valence-corrected chi connectivity index (χ2v) is 3.95. The third kappa shape index (κ3) is 3.38. The maximum absolute atomic E-state index is 7.04. The van der Waals surface area contributed by atoms with Crippen LogP contribution in [0, 0.1) is 12.3 Å². The van der Waals surface area contributed by atoms with Gasteiger partial charge in [-0.3, -0.25) is 5.41 Å². The van der Waals surface area contributed by atoms with Crippen molar-refractivity contribution in [3.05, 3.63) is 28.2 Å². The van der Waals surface area contributed by atoms with Crippen molar-refractivity contribution in [2.24, 2.45) is 5.73 Å². The molecular weight excluding hydrogens is 244 g/mol. The highest BCUT2D eigenvalue weighted by Crippen LogP contribution is 2.22. The van der Waals surface area contributed by atoms with Gasteiger partial charge in [0.1, 0.15) is 5.75 Å². The van der Waals surface area contributed by atoms with Gasteiger partial charge in [-0.2, -0.15) is 0 Å². The Labute approximate surface area is 91.9 Å². The maximum atomic E-state index is 7.04. The van der Waals surface area contributed by atoms with E-state index < -0.39 is 0 Å². The Kier molecular flexibility index (Phi) is 3.95. The van der Waals surface area contributed by atoms with Crippen molar-refractivity contribution < 1.29 is 4.74 Å². The monoisotopic (exact) mass is 256 g/mol. The summed E-state index contributed by atoms with van der Waals surface area (Å²) in [6, 6.07) is 5.86. The van der Waals surface area contributed by atoms with Crippen molar-refractivity contribution in [1.29, 1.82) is 5.41 Å². The van der Waals surface area contributed by atoms with E-state index in [0.717, 1.165) is 15.8 Å². The molecule has 0 aliphatic carbocycles. The molecule has 0 aromatic heterocycles. The summed E-state index contributed by atoms with van der Waals surface area (Å²) in [7, 11) is 0. The van der Waals surface area contributed by atoms with Crippen LogP contribution in [0.5, 0.6) is 5.75 Å². The molecule has 1 aromatic rings. The van der Waals surface area contributed by atoms with E-state index in [1.807, 2.05) is 25.1 Å². The van der Waals surface area contributed by atoms with Crippen molar-refractivity contribution in [3.63, 3.8) is 0 Å². The molecule has 0 radical (unpaired) electrons. The number of aryl methyl sites for hydroxylation is 1. The van der Waals surface area contributed by atoms with Crippen molar-refractivity contribution in [3.8, 4) is 5.75 Å². The van der Waals surface area contributed by atoms with Gasteiger partial charge in [-0.05, 0) is 24.6 Å². The first kappa shape index (κ1) is 11.0. The van der Waals surface area contributed by atoms with Gasteiger partial charge in [0.2, 0.25) is 0 Å². The predicted molar refractivity (Wildman–Crippen MR) is 60.9 cm³/mol. The molecule has 1 aromatic carbocycles. The van der Waals surface area contributed by atoms with Gasteiger partial charge in [0, 0.05) is 10.9 Å². The van der Waals surface area contributed by atoms with E-state index in [4.69, 9.17) is 15.9 Å². The highest BCUT2D eigenvalue weighted by atomic mass is 79.9. The fourth-order valence-corrected chi connectivity index (χ4v) is 1.34. The Balaban J connectivity index is 2.57. The average molecular weight is 257 g/mol. The molecule has 0 spiro atoms. The second kappa shape index (κ2) is 5.00. The van der Waals surface area contributed by atoms with Crippen LogP contribution in [0.1, 0.15) is 12.0 Å². The van der Waals surface area contributed by atoms with Crippen LogP contribution in [0.3, 0.4) is 0 Å². The van der Waals surface area contributed by atoms with Gasteiger partial charge in [0.25, 0.3) is 0 Å². The average Bonchev–Trinajstić information content (AvgIpc) is 2.10. The lowest BCUT2D eigenvalue weighted by molar-refractivity contribution is 0.326. The van der Waals surface area contributed by atoms with Crippen molar-refractivity contribution >= 4 is 21.8 Å². The van der Waals surface area contributed by atoms with Crippen molar-refractivity contribution in [2.75, 3.05) is 6.61 Å². The molecule has 3 N–H and O–H groups in total. The zero-order chi connectivity index (χ0) is 10.6. The molecule has 14 heavy (non-hydrogen) atoms. The van der Waals surface area contributed by atoms with Gasteiger partial charge in [-0.1, -0.05) is 22.0 Å². The fraction of sp³-hybridized carbons (Fsp3) is 0.300. The van der Waals surface area contributed by atoms with E-state index >= 15 is 0 Å². The quantitative estimate of drug-likeness (QED) is 0.643. The molecule has 3 nitrogen and oxygen atoms in total. The standard InChI is InChI=1S/C10H13BrN2O/c1-7-2-3-8(11)6-9(7)14-5-4-10(12)13/h2-3,6H,4-5H2,1H3,(H3,12,13). The Morgan fingerprint density at radius 1 is 1.57 bits per heavy atom. The molecule has 0 heterocycles. The third-order valence-electron chi connectivity index (χ3n) is 1.78. The van der Waals surface area contributed by atoms with Gasteiger partial charge in [-0.15, -0.1) is 0 Å². The van der Waals surface area contributed by atoms with Crippen LogP contribution in [0.4, 0.5) is 0 Å². The summed E-state index contributed by atoms with van der Waals surface area (Å²) < 4.78 is 6.46. The molecule has 1 rings (SSSR count). The normalized spacial score (nSPS) is 9.86. The molecule has 0 atom stereocenters. The number of hydrogen-bond donors (Lipinski definition) is 2. The highest BCUT2D eigenvalue weighted by Gasteiger charge is 2.00. The van der Waals surface area contributed by atoms with Crippen molar-refractivity contribution in [2.45, 2.75) is 13.3 Å². The molecule has 0 unspecified atom stereocenters. The predicted octanol–water partition coefficient (Wildman–Crippen LogP) is 2.46. The van der Waals surface area contributed by atoms with Crippen LogP contribution in [0.25, 0.3) is 0 Å².